The molecule has 0 aliphatic carbocycles. The lowest BCUT2D eigenvalue weighted by molar-refractivity contribution is -0.158. The van der Waals surface area contributed by atoms with Gasteiger partial charge in [0.05, 0.1) is 13.2 Å². The second-order valence-corrected chi connectivity index (χ2v) is 14.0. The molecule has 0 aliphatic rings. The molecule has 0 radical (unpaired) electrons. The second-order valence-electron chi connectivity index (χ2n) is 9.53. The zero-order valence-electron chi connectivity index (χ0n) is 17.2. The van der Waals surface area contributed by atoms with Crippen molar-refractivity contribution in [2.75, 3.05) is 19.7 Å². The Morgan fingerprint density at radius 2 is 1.58 bits per heavy atom. The second kappa shape index (κ2) is 8.30. The van der Waals surface area contributed by atoms with E-state index < -0.39 is 19.5 Å². The normalized spacial score (nSPS) is 14.2. The largest absolute Gasteiger partial charge is 0.459 e. The van der Waals surface area contributed by atoms with Crippen molar-refractivity contribution in [2.45, 2.75) is 90.6 Å². The fourth-order valence-corrected chi connectivity index (χ4v) is 3.03. The van der Waals surface area contributed by atoms with Crippen LogP contribution in [0.25, 0.3) is 0 Å². The van der Waals surface area contributed by atoms with Gasteiger partial charge in [-0.1, -0.05) is 13.8 Å². The quantitative estimate of drug-likeness (QED) is 0.488. The molecular weight excluding hydrogens is 322 g/mol. The van der Waals surface area contributed by atoms with Gasteiger partial charge in [0.1, 0.15) is 5.60 Å². The van der Waals surface area contributed by atoms with Gasteiger partial charge in [-0.05, 0) is 72.1 Å². The fraction of sp³-hybridized carbons (Fsp3) is 0.944. The maximum atomic E-state index is 12.2. The van der Waals surface area contributed by atoms with E-state index in [-0.39, 0.29) is 24.2 Å². The van der Waals surface area contributed by atoms with Crippen molar-refractivity contribution in [3.63, 3.8) is 0 Å². The van der Waals surface area contributed by atoms with Crippen LogP contribution in [0, 0.1) is 0 Å². The van der Waals surface area contributed by atoms with Crippen LogP contribution in [-0.2, 0) is 9.53 Å². The maximum Gasteiger partial charge on any atom is 0.320 e. The van der Waals surface area contributed by atoms with E-state index in [1.54, 1.807) is 0 Å². The zero-order valence-corrected chi connectivity index (χ0v) is 18.2. The minimum Gasteiger partial charge on any atom is -0.459 e. The first-order valence-corrected chi connectivity index (χ1v) is 11.8. The molecule has 5 nitrogen and oxygen atoms in total. The molecule has 0 amide bonds. The molecule has 0 atom stereocenters. The molecule has 24 heavy (non-hydrogen) atoms. The molecule has 6 heteroatoms. The predicted molar refractivity (Wildman–Crippen MR) is 102 cm³/mol. The van der Waals surface area contributed by atoms with E-state index in [0.29, 0.717) is 6.54 Å². The average Bonchev–Trinajstić information content (AvgIpc) is 2.33. The molecule has 0 spiro atoms. The molecule has 0 bridgehead atoms. The van der Waals surface area contributed by atoms with Gasteiger partial charge in [0.2, 0.25) is 0 Å². The summed E-state index contributed by atoms with van der Waals surface area (Å²) in [5.74, 6) is -0.278. The third kappa shape index (κ3) is 8.10. The van der Waals surface area contributed by atoms with E-state index in [1.807, 2.05) is 52.6 Å². The number of aliphatic hydroxyl groups excluding tert-OH is 1. The van der Waals surface area contributed by atoms with E-state index in [4.69, 9.17) is 4.74 Å². The van der Waals surface area contributed by atoms with E-state index in [9.17, 15) is 14.7 Å². The van der Waals surface area contributed by atoms with Crippen LogP contribution < -0.4 is 0 Å². The van der Waals surface area contributed by atoms with E-state index in [1.165, 1.54) is 0 Å². The lowest BCUT2D eigenvalue weighted by Gasteiger charge is -2.39. The van der Waals surface area contributed by atoms with Crippen LogP contribution in [0.3, 0.4) is 0 Å². The van der Waals surface area contributed by atoms with Crippen LogP contribution in [-0.4, -0.2) is 59.9 Å². The SMILES string of the molecule is CC(C)(C)OC(=O)CN(CCCC(C)(C)[Si](C)(C)O)C(C)(C)CO. The van der Waals surface area contributed by atoms with Crippen LogP contribution in [0.2, 0.25) is 18.1 Å². The van der Waals surface area contributed by atoms with Crippen molar-refractivity contribution < 1.29 is 19.4 Å². The van der Waals surface area contributed by atoms with Crippen molar-refractivity contribution >= 4 is 14.3 Å². The Labute approximate surface area is 149 Å². The molecule has 0 saturated heterocycles. The zero-order chi connectivity index (χ0) is 19.4. The smallest absolute Gasteiger partial charge is 0.320 e. The van der Waals surface area contributed by atoms with Crippen LogP contribution in [0.4, 0.5) is 0 Å². The summed E-state index contributed by atoms with van der Waals surface area (Å²) in [4.78, 5) is 24.5. The van der Waals surface area contributed by atoms with Crippen molar-refractivity contribution in [3.8, 4) is 0 Å². The van der Waals surface area contributed by atoms with Gasteiger partial charge in [-0.3, -0.25) is 9.69 Å². The van der Waals surface area contributed by atoms with Crippen molar-refractivity contribution in [1.29, 1.82) is 0 Å². The lowest BCUT2D eigenvalue weighted by Crippen LogP contribution is -2.50. The minimum atomic E-state index is -2.23. The standard InChI is InChI=1S/C18H39NO4Si/c1-16(2,3)23-15(21)13-19(17(4,5)14-20)12-10-11-18(6,7)24(8,9)22/h20,22H,10-14H2,1-9H3. The number of carbonyl (C=O) groups excluding carboxylic acids is 1. The average molecular weight is 362 g/mol. The highest BCUT2D eigenvalue weighted by atomic mass is 28.4. The highest BCUT2D eigenvalue weighted by molar-refractivity contribution is 6.72. The first-order valence-electron chi connectivity index (χ1n) is 8.82. The topological polar surface area (TPSA) is 70.0 Å². The molecular formula is C18H39NO4Si. The number of rotatable bonds is 9. The summed E-state index contributed by atoms with van der Waals surface area (Å²) in [6.45, 7) is 18.3. The number of carbonyl (C=O) groups is 1. The van der Waals surface area contributed by atoms with Gasteiger partial charge in [0.25, 0.3) is 0 Å². The monoisotopic (exact) mass is 361 g/mol. The summed E-state index contributed by atoms with van der Waals surface area (Å²) < 4.78 is 5.41. The highest BCUT2D eigenvalue weighted by Crippen LogP contribution is 2.39. The summed E-state index contributed by atoms with van der Waals surface area (Å²) in [5.41, 5.74) is -1.01. The Morgan fingerprint density at radius 1 is 1.08 bits per heavy atom. The molecule has 0 aromatic carbocycles. The van der Waals surface area contributed by atoms with Gasteiger partial charge in [0.15, 0.2) is 8.32 Å². The molecule has 0 unspecified atom stereocenters. The van der Waals surface area contributed by atoms with Gasteiger partial charge in [-0.15, -0.1) is 0 Å². The van der Waals surface area contributed by atoms with Crippen molar-refractivity contribution in [1.82, 2.24) is 4.90 Å². The van der Waals surface area contributed by atoms with Crippen LogP contribution in [0.15, 0.2) is 0 Å². The van der Waals surface area contributed by atoms with Crippen molar-refractivity contribution in [3.05, 3.63) is 0 Å². The fourth-order valence-electron chi connectivity index (χ4n) is 2.24. The third-order valence-corrected chi connectivity index (χ3v) is 8.43. The Kier molecular flexibility index (Phi) is 8.15. The van der Waals surface area contributed by atoms with Gasteiger partial charge in [-0.2, -0.15) is 0 Å². The summed E-state index contributed by atoms with van der Waals surface area (Å²) in [6.07, 6.45) is 1.74. The van der Waals surface area contributed by atoms with Crippen LogP contribution in [0.1, 0.15) is 61.3 Å². The molecule has 2 N–H and O–H groups in total. The maximum absolute atomic E-state index is 12.2. The van der Waals surface area contributed by atoms with E-state index in [2.05, 4.69) is 13.8 Å². The van der Waals surface area contributed by atoms with Crippen molar-refractivity contribution in [2.24, 2.45) is 0 Å². The van der Waals surface area contributed by atoms with Gasteiger partial charge in [0, 0.05) is 5.54 Å². The van der Waals surface area contributed by atoms with Gasteiger partial charge >= 0.3 is 5.97 Å². The molecule has 0 rings (SSSR count). The Bertz CT molecular complexity index is 408. The number of esters is 1. The Hall–Kier alpha value is -0.433. The first-order chi connectivity index (χ1) is 10.5. The summed E-state index contributed by atoms with van der Waals surface area (Å²) >= 11 is 0. The molecule has 144 valence electrons. The number of ether oxygens (including phenoxy) is 1. The Morgan fingerprint density at radius 3 is 1.96 bits per heavy atom. The third-order valence-electron chi connectivity index (χ3n) is 4.87. The van der Waals surface area contributed by atoms with E-state index >= 15 is 0 Å². The highest BCUT2D eigenvalue weighted by Gasteiger charge is 2.38. The van der Waals surface area contributed by atoms with Gasteiger partial charge < -0.3 is 14.6 Å². The summed E-state index contributed by atoms with van der Waals surface area (Å²) in [5, 5.41) is 9.58. The van der Waals surface area contributed by atoms with Crippen LogP contribution >= 0.6 is 0 Å². The molecule has 0 heterocycles. The van der Waals surface area contributed by atoms with Gasteiger partial charge in [-0.25, -0.2) is 0 Å². The number of nitrogens with zero attached hydrogens (tertiary/aromatic N) is 1. The number of aliphatic hydroxyl groups is 1. The minimum absolute atomic E-state index is 0.0283. The van der Waals surface area contributed by atoms with Crippen LogP contribution in [0.5, 0.6) is 0 Å². The number of hydrogen-bond donors (Lipinski definition) is 2. The molecule has 0 aromatic rings. The molecule has 0 fully saturated rings. The Balaban J connectivity index is 4.86. The first kappa shape index (κ1) is 23.6. The molecule has 0 aromatic heterocycles. The summed E-state index contributed by atoms with van der Waals surface area (Å²) in [7, 11) is -2.23. The molecule has 0 aliphatic heterocycles. The predicted octanol–water partition coefficient (Wildman–Crippen LogP) is 3.16. The van der Waals surface area contributed by atoms with E-state index in [0.717, 1.165) is 12.8 Å². The summed E-state index contributed by atoms with van der Waals surface area (Å²) in [6, 6.07) is 0. The number of hydrogen-bond acceptors (Lipinski definition) is 5. The lowest BCUT2D eigenvalue weighted by atomic mass is 10.0. The molecule has 0 saturated carbocycles.